The third-order valence-corrected chi connectivity index (χ3v) is 4.97. The van der Waals surface area contributed by atoms with Gasteiger partial charge in [0.1, 0.15) is 0 Å². The van der Waals surface area contributed by atoms with Gasteiger partial charge in [-0.15, -0.1) is 0 Å². The third-order valence-electron chi connectivity index (χ3n) is 4.97. The van der Waals surface area contributed by atoms with Crippen molar-refractivity contribution < 1.29 is 0 Å². The lowest BCUT2D eigenvalue weighted by molar-refractivity contribution is 1.06. The molecule has 0 heterocycles. The summed E-state index contributed by atoms with van der Waals surface area (Å²) < 4.78 is 0. The molecule has 0 heteroatoms. The van der Waals surface area contributed by atoms with Gasteiger partial charge in [-0.3, -0.25) is 0 Å². The summed E-state index contributed by atoms with van der Waals surface area (Å²) in [7, 11) is 0. The second-order valence-electron chi connectivity index (χ2n) is 6.46. The lowest BCUT2D eigenvalue weighted by Gasteiger charge is -2.14. The second kappa shape index (κ2) is 6.94. The quantitative estimate of drug-likeness (QED) is 0.492. The minimum atomic E-state index is 1.04. The molecule has 3 aromatic carbocycles. The zero-order valence-electron chi connectivity index (χ0n) is 14.6. The molecule has 0 N–H and O–H groups in total. The Labute approximate surface area is 150 Å². The van der Waals surface area contributed by atoms with Crippen LogP contribution in [0.15, 0.2) is 96.6 Å². The van der Waals surface area contributed by atoms with Gasteiger partial charge in [-0.2, -0.15) is 0 Å². The van der Waals surface area contributed by atoms with Gasteiger partial charge in [0.05, 0.1) is 0 Å². The van der Waals surface area contributed by atoms with E-state index in [2.05, 4.69) is 97.9 Å². The topological polar surface area (TPSA) is 0 Å². The Morgan fingerprint density at radius 1 is 0.560 bits per heavy atom. The lowest BCUT2D eigenvalue weighted by atomic mass is 9.90. The van der Waals surface area contributed by atoms with Crippen LogP contribution >= 0.6 is 0 Å². The van der Waals surface area contributed by atoms with Crippen molar-refractivity contribution in [3.63, 3.8) is 0 Å². The molecule has 0 bridgehead atoms. The molecule has 1 aliphatic carbocycles. The van der Waals surface area contributed by atoms with Crippen LogP contribution in [0.2, 0.25) is 0 Å². The maximum atomic E-state index is 2.27. The molecule has 0 aliphatic heterocycles. The highest BCUT2D eigenvalue weighted by molar-refractivity contribution is 6.19. The zero-order chi connectivity index (χ0) is 17.1. The second-order valence-corrected chi connectivity index (χ2v) is 6.46. The molecular formula is C25H22. The minimum absolute atomic E-state index is 1.04. The zero-order valence-corrected chi connectivity index (χ0v) is 14.6. The van der Waals surface area contributed by atoms with Crippen LogP contribution in [0.4, 0.5) is 0 Å². The fraction of sp³-hybridized carbons (Fsp3) is 0.120. The van der Waals surface area contributed by atoms with E-state index >= 15 is 0 Å². The van der Waals surface area contributed by atoms with E-state index in [4.69, 9.17) is 0 Å². The summed E-state index contributed by atoms with van der Waals surface area (Å²) in [5.41, 5.74) is 9.76. The molecule has 0 unspecified atom stereocenters. The summed E-state index contributed by atoms with van der Waals surface area (Å²) in [6, 6.07) is 32.5. The smallest absolute Gasteiger partial charge is 0.00454 e. The fourth-order valence-corrected chi connectivity index (χ4v) is 3.78. The number of rotatable bonds is 4. The van der Waals surface area contributed by atoms with Crippen molar-refractivity contribution in [2.45, 2.75) is 19.8 Å². The van der Waals surface area contributed by atoms with Crippen molar-refractivity contribution in [2.24, 2.45) is 0 Å². The number of allylic oxidation sites excluding steroid dienone is 4. The van der Waals surface area contributed by atoms with Crippen LogP contribution in [-0.4, -0.2) is 0 Å². The van der Waals surface area contributed by atoms with Gasteiger partial charge < -0.3 is 0 Å². The summed E-state index contributed by atoms with van der Waals surface area (Å²) >= 11 is 0. The van der Waals surface area contributed by atoms with Gasteiger partial charge in [-0.05, 0) is 46.3 Å². The van der Waals surface area contributed by atoms with E-state index in [1.807, 2.05) is 0 Å². The molecule has 0 aromatic heterocycles. The molecule has 3 aromatic rings. The van der Waals surface area contributed by atoms with Crippen LogP contribution < -0.4 is 0 Å². The SMILES string of the molecule is CCC1=C(c2ccccc2)C(c2ccccc2)=C(c2ccccc2)C1. The summed E-state index contributed by atoms with van der Waals surface area (Å²) in [4.78, 5) is 0. The van der Waals surface area contributed by atoms with Gasteiger partial charge in [0.25, 0.3) is 0 Å². The van der Waals surface area contributed by atoms with Gasteiger partial charge >= 0.3 is 0 Å². The Balaban J connectivity index is 1.97. The molecule has 0 atom stereocenters. The first-order valence-corrected chi connectivity index (χ1v) is 9.00. The van der Waals surface area contributed by atoms with Crippen LogP contribution in [0.3, 0.4) is 0 Å². The Morgan fingerprint density at radius 2 is 1.00 bits per heavy atom. The Kier molecular flexibility index (Phi) is 4.35. The maximum Gasteiger partial charge on any atom is -0.00454 e. The van der Waals surface area contributed by atoms with E-state index in [1.54, 1.807) is 0 Å². The monoisotopic (exact) mass is 322 g/mol. The first-order chi connectivity index (χ1) is 12.4. The van der Waals surface area contributed by atoms with Crippen LogP contribution in [0.25, 0.3) is 16.7 Å². The predicted octanol–water partition coefficient (Wildman–Crippen LogP) is 6.86. The van der Waals surface area contributed by atoms with Crippen LogP contribution in [0.5, 0.6) is 0 Å². The molecular weight excluding hydrogens is 300 g/mol. The van der Waals surface area contributed by atoms with Crippen molar-refractivity contribution >= 4 is 16.7 Å². The molecule has 1 aliphatic rings. The first-order valence-electron chi connectivity index (χ1n) is 9.00. The lowest BCUT2D eigenvalue weighted by Crippen LogP contribution is -1.91. The van der Waals surface area contributed by atoms with Crippen LogP contribution in [-0.2, 0) is 0 Å². The van der Waals surface area contributed by atoms with E-state index in [0.717, 1.165) is 12.8 Å². The Bertz CT molecular complexity index is 914. The van der Waals surface area contributed by atoms with Gasteiger partial charge in [0.15, 0.2) is 0 Å². The van der Waals surface area contributed by atoms with Gasteiger partial charge in [0, 0.05) is 0 Å². The van der Waals surface area contributed by atoms with Crippen molar-refractivity contribution in [1.82, 2.24) is 0 Å². The molecule has 0 saturated carbocycles. The van der Waals surface area contributed by atoms with Gasteiger partial charge in [0.2, 0.25) is 0 Å². The van der Waals surface area contributed by atoms with E-state index < -0.39 is 0 Å². The number of hydrogen-bond acceptors (Lipinski definition) is 0. The predicted molar refractivity (Wildman–Crippen MR) is 108 cm³/mol. The number of benzene rings is 3. The molecule has 0 amide bonds. The fourth-order valence-electron chi connectivity index (χ4n) is 3.78. The van der Waals surface area contributed by atoms with E-state index in [-0.39, 0.29) is 0 Å². The summed E-state index contributed by atoms with van der Waals surface area (Å²) in [5.74, 6) is 0. The molecule has 4 rings (SSSR count). The molecule has 0 spiro atoms. The average Bonchev–Trinajstić information content (AvgIpc) is 3.10. The third kappa shape index (κ3) is 2.96. The molecule has 122 valence electrons. The Morgan fingerprint density at radius 3 is 1.48 bits per heavy atom. The number of hydrogen-bond donors (Lipinski definition) is 0. The van der Waals surface area contributed by atoms with Crippen molar-refractivity contribution in [1.29, 1.82) is 0 Å². The highest BCUT2D eigenvalue weighted by Crippen LogP contribution is 2.48. The highest BCUT2D eigenvalue weighted by atomic mass is 14.3. The molecule has 0 radical (unpaired) electrons. The standard InChI is InChI=1S/C25H22/c1-2-19-18-23(20-12-6-3-7-13-20)25(22-16-10-5-11-17-22)24(19)21-14-8-4-9-15-21/h3-17H,2,18H2,1H3. The summed E-state index contributed by atoms with van der Waals surface area (Å²) in [6.07, 6.45) is 2.12. The van der Waals surface area contributed by atoms with E-state index in [0.29, 0.717) is 0 Å². The minimum Gasteiger partial charge on any atom is -0.0622 e. The molecule has 0 nitrogen and oxygen atoms in total. The summed E-state index contributed by atoms with van der Waals surface area (Å²) in [6.45, 7) is 2.27. The largest absolute Gasteiger partial charge is 0.0622 e. The van der Waals surface area contributed by atoms with Crippen LogP contribution in [0, 0.1) is 0 Å². The van der Waals surface area contributed by atoms with E-state index in [1.165, 1.54) is 39.0 Å². The van der Waals surface area contributed by atoms with Gasteiger partial charge in [-0.1, -0.05) is 103 Å². The Hall–Kier alpha value is -2.86. The highest BCUT2D eigenvalue weighted by Gasteiger charge is 2.26. The maximum absolute atomic E-state index is 2.27. The van der Waals surface area contributed by atoms with Crippen molar-refractivity contribution in [3.8, 4) is 0 Å². The molecule has 0 saturated heterocycles. The van der Waals surface area contributed by atoms with Gasteiger partial charge in [-0.25, -0.2) is 0 Å². The molecule has 25 heavy (non-hydrogen) atoms. The van der Waals surface area contributed by atoms with Crippen molar-refractivity contribution in [2.75, 3.05) is 0 Å². The first kappa shape index (κ1) is 15.7. The van der Waals surface area contributed by atoms with E-state index in [9.17, 15) is 0 Å². The summed E-state index contributed by atoms with van der Waals surface area (Å²) in [5, 5.41) is 0. The van der Waals surface area contributed by atoms with Crippen molar-refractivity contribution in [3.05, 3.63) is 113 Å². The van der Waals surface area contributed by atoms with Crippen LogP contribution in [0.1, 0.15) is 36.5 Å². The molecule has 0 fully saturated rings. The average molecular weight is 322 g/mol. The normalized spacial score (nSPS) is 14.3.